The Bertz CT molecular complexity index is 1150. The van der Waals surface area contributed by atoms with E-state index in [1.807, 2.05) is 30.3 Å². The van der Waals surface area contributed by atoms with Crippen molar-refractivity contribution in [2.75, 3.05) is 44.2 Å². The third-order valence-corrected chi connectivity index (χ3v) is 7.37. The van der Waals surface area contributed by atoms with Gasteiger partial charge in [-0.25, -0.2) is 9.88 Å². The van der Waals surface area contributed by atoms with E-state index in [0.717, 1.165) is 47.0 Å². The first-order valence-corrected chi connectivity index (χ1v) is 11.8. The molecule has 2 saturated heterocycles. The Hall–Kier alpha value is -2.65. The molecule has 2 aromatic carbocycles. The van der Waals surface area contributed by atoms with Crippen LogP contribution in [0.1, 0.15) is 12.0 Å². The predicted octanol–water partition coefficient (Wildman–Crippen LogP) is 2.51. The van der Waals surface area contributed by atoms with E-state index in [2.05, 4.69) is 28.9 Å². The summed E-state index contributed by atoms with van der Waals surface area (Å²) in [5, 5.41) is 10.0. The van der Waals surface area contributed by atoms with Crippen LogP contribution in [0.5, 0.6) is 0 Å². The number of aromatic nitrogens is 1. The van der Waals surface area contributed by atoms with Crippen molar-refractivity contribution in [2.45, 2.75) is 19.4 Å². The van der Waals surface area contributed by atoms with E-state index < -0.39 is 6.04 Å². The number of hydrogen-bond acceptors (Lipinski definition) is 7. The lowest BCUT2D eigenvalue weighted by Gasteiger charge is -2.36. The number of β-amino-alcohol motifs (C(OH)–C–C–N with tert-alkyl or cyclic N) is 1. The minimum atomic E-state index is -0.397. The van der Waals surface area contributed by atoms with E-state index in [9.17, 15) is 9.59 Å². The summed E-state index contributed by atoms with van der Waals surface area (Å²) in [4.78, 5) is 36.2. The number of carbonyl (C=O) groups excluding carboxylic acids is 2. The van der Waals surface area contributed by atoms with E-state index in [0.29, 0.717) is 12.2 Å². The number of thiazole rings is 1. The summed E-state index contributed by atoms with van der Waals surface area (Å²) in [5.74, 6) is -0.296. The van der Waals surface area contributed by atoms with Crippen LogP contribution < -0.4 is 4.90 Å². The number of fused-ring (bicyclic) bond motifs is 1. The molecule has 1 aromatic heterocycles. The first-order valence-electron chi connectivity index (χ1n) is 10.9. The zero-order valence-corrected chi connectivity index (χ0v) is 18.8. The number of hydrogen-bond donors (Lipinski definition) is 1. The summed E-state index contributed by atoms with van der Waals surface area (Å²) in [5.41, 5.74) is 3.77. The van der Waals surface area contributed by atoms with Crippen LogP contribution in [0.25, 0.3) is 20.8 Å². The van der Waals surface area contributed by atoms with Crippen molar-refractivity contribution in [3.05, 3.63) is 48.0 Å². The van der Waals surface area contributed by atoms with E-state index in [4.69, 9.17) is 10.1 Å². The summed E-state index contributed by atoms with van der Waals surface area (Å²) in [6.45, 7) is 5.92. The maximum Gasteiger partial charge on any atom is 0.251 e. The van der Waals surface area contributed by atoms with Gasteiger partial charge in [-0.15, -0.1) is 11.3 Å². The summed E-state index contributed by atoms with van der Waals surface area (Å²) in [6, 6.07) is 13.4. The Morgan fingerprint density at radius 1 is 1.06 bits per heavy atom. The summed E-state index contributed by atoms with van der Waals surface area (Å²) in [7, 11) is 0. The largest absolute Gasteiger partial charge is 0.395 e. The van der Waals surface area contributed by atoms with Gasteiger partial charge in [-0.2, -0.15) is 0 Å². The lowest BCUT2D eigenvalue weighted by Crippen LogP contribution is -2.52. The third kappa shape index (κ3) is 3.95. The second kappa shape index (κ2) is 8.71. The number of benzene rings is 2. The van der Waals surface area contributed by atoms with Gasteiger partial charge in [-0.3, -0.25) is 19.4 Å². The fourth-order valence-electron chi connectivity index (χ4n) is 4.52. The number of carbonyl (C=O) groups is 2. The number of nitrogens with zero attached hydrogens (tertiary/aromatic N) is 4. The van der Waals surface area contributed by atoms with Gasteiger partial charge in [0.2, 0.25) is 5.91 Å². The first kappa shape index (κ1) is 21.2. The van der Waals surface area contributed by atoms with Gasteiger partial charge in [-0.1, -0.05) is 6.07 Å². The molecule has 32 heavy (non-hydrogen) atoms. The van der Waals surface area contributed by atoms with Crippen LogP contribution in [0.2, 0.25) is 0 Å². The molecule has 0 bridgehead atoms. The molecule has 0 saturated carbocycles. The van der Waals surface area contributed by atoms with E-state index in [1.165, 1.54) is 10.5 Å². The molecule has 0 unspecified atom stereocenters. The van der Waals surface area contributed by atoms with Gasteiger partial charge in [0.15, 0.2) is 0 Å². The number of piperazine rings is 1. The average molecular weight is 451 g/mol. The predicted molar refractivity (Wildman–Crippen MR) is 126 cm³/mol. The number of anilines is 1. The summed E-state index contributed by atoms with van der Waals surface area (Å²) >= 11 is 1.64. The van der Waals surface area contributed by atoms with Crippen LogP contribution in [-0.4, -0.2) is 77.1 Å². The average Bonchev–Trinajstić information content (AvgIpc) is 3.34. The molecule has 1 atom stereocenters. The van der Waals surface area contributed by atoms with Gasteiger partial charge < -0.3 is 5.11 Å². The highest BCUT2D eigenvalue weighted by molar-refractivity contribution is 7.21. The maximum atomic E-state index is 13.1. The van der Waals surface area contributed by atoms with Crippen LogP contribution in [0.15, 0.2) is 42.5 Å². The molecule has 0 radical (unpaired) electrons. The Balaban J connectivity index is 1.31. The van der Waals surface area contributed by atoms with Crippen molar-refractivity contribution >= 4 is 39.1 Å². The number of aliphatic hydroxyl groups is 1. The zero-order chi connectivity index (χ0) is 22.2. The molecule has 8 heteroatoms. The third-order valence-electron chi connectivity index (χ3n) is 6.30. The van der Waals surface area contributed by atoms with Gasteiger partial charge in [0, 0.05) is 38.3 Å². The molecule has 5 rings (SSSR count). The van der Waals surface area contributed by atoms with Crippen LogP contribution in [0, 0.1) is 6.92 Å². The van der Waals surface area contributed by atoms with E-state index >= 15 is 0 Å². The highest BCUT2D eigenvalue weighted by atomic mass is 32.1. The number of amides is 2. The quantitative estimate of drug-likeness (QED) is 0.602. The lowest BCUT2D eigenvalue weighted by atomic mass is 10.1. The molecule has 3 heterocycles. The Labute approximate surface area is 190 Å². The fourth-order valence-corrected chi connectivity index (χ4v) is 5.59. The Kier molecular flexibility index (Phi) is 5.77. The zero-order valence-electron chi connectivity index (χ0n) is 18.0. The Morgan fingerprint density at radius 2 is 1.81 bits per heavy atom. The molecule has 0 aliphatic carbocycles. The monoisotopic (exact) mass is 450 g/mol. The van der Waals surface area contributed by atoms with Crippen molar-refractivity contribution in [1.29, 1.82) is 0 Å². The second-order valence-electron chi connectivity index (χ2n) is 8.43. The molecule has 7 nitrogen and oxygen atoms in total. The number of rotatable bonds is 5. The molecule has 2 fully saturated rings. The number of aliphatic hydroxyl groups excluding tert-OH is 1. The van der Waals surface area contributed by atoms with Gasteiger partial charge in [-0.05, 0) is 48.9 Å². The highest BCUT2D eigenvalue weighted by Gasteiger charge is 2.43. The van der Waals surface area contributed by atoms with Crippen LogP contribution in [0.4, 0.5) is 5.69 Å². The standard InChI is InChI=1S/C24H26N4O3S/c1-16-2-7-19-21(14-16)32-23(25-19)17-3-5-18(6-4-17)28-22(30)15-20(24(28)31)27-10-8-26(9-11-27)12-13-29/h2-7,14,20,29H,8-13,15H2,1H3/t20-/m0/s1. The molecule has 166 valence electrons. The first-order chi connectivity index (χ1) is 15.5. The van der Waals surface area contributed by atoms with E-state index in [1.54, 1.807) is 11.3 Å². The second-order valence-corrected chi connectivity index (χ2v) is 9.46. The highest BCUT2D eigenvalue weighted by Crippen LogP contribution is 2.33. The van der Waals surface area contributed by atoms with Crippen molar-refractivity contribution < 1.29 is 14.7 Å². The van der Waals surface area contributed by atoms with Crippen molar-refractivity contribution in [2.24, 2.45) is 0 Å². The molecule has 2 aliphatic rings. The lowest BCUT2D eigenvalue weighted by molar-refractivity contribution is -0.123. The van der Waals surface area contributed by atoms with E-state index in [-0.39, 0.29) is 24.8 Å². The molecule has 1 N–H and O–H groups in total. The molecule has 2 amide bonds. The van der Waals surface area contributed by atoms with Crippen LogP contribution >= 0.6 is 11.3 Å². The van der Waals surface area contributed by atoms with Gasteiger partial charge >= 0.3 is 0 Å². The maximum absolute atomic E-state index is 13.1. The molecule has 3 aromatic rings. The van der Waals surface area contributed by atoms with Crippen LogP contribution in [-0.2, 0) is 9.59 Å². The molecule has 2 aliphatic heterocycles. The molecule has 0 spiro atoms. The van der Waals surface area contributed by atoms with Gasteiger partial charge in [0.25, 0.3) is 5.91 Å². The molecular formula is C24H26N4O3S. The smallest absolute Gasteiger partial charge is 0.251 e. The number of aryl methyl sites for hydroxylation is 1. The van der Waals surface area contributed by atoms with Crippen molar-refractivity contribution in [3.8, 4) is 10.6 Å². The summed E-state index contributed by atoms with van der Waals surface area (Å²) < 4.78 is 1.15. The summed E-state index contributed by atoms with van der Waals surface area (Å²) in [6.07, 6.45) is 0.220. The Morgan fingerprint density at radius 3 is 2.53 bits per heavy atom. The minimum Gasteiger partial charge on any atom is -0.395 e. The topological polar surface area (TPSA) is 77.0 Å². The van der Waals surface area contributed by atoms with Gasteiger partial charge in [0.1, 0.15) is 5.01 Å². The SMILES string of the molecule is Cc1ccc2nc(-c3ccc(N4C(=O)C[C@H](N5CCN(CCO)CC5)C4=O)cc3)sc2c1. The normalized spacial score (nSPS) is 20.6. The van der Waals surface area contributed by atoms with Crippen molar-refractivity contribution in [3.63, 3.8) is 0 Å². The minimum absolute atomic E-state index is 0.140. The van der Waals surface area contributed by atoms with Crippen LogP contribution in [0.3, 0.4) is 0 Å². The van der Waals surface area contributed by atoms with Crippen molar-refractivity contribution in [1.82, 2.24) is 14.8 Å². The number of imide groups is 1. The van der Waals surface area contributed by atoms with Gasteiger partial charge in [0.05, 0.1) is 35.0 Å². The fraction of sp³-hybridized carbons (Fsp3) is 0.375. The molecular weight excluding hydrogens is 424 g/mol.